The van der Waals surface area contributed by atoms with E-state index >= 15 is 0 Å². The van der Waals surface area contributed by atoms with Crippen LogP contribution in [-0.4, -0.2) is 18.8 Å². The Balaban J connectivity index is 1.72. The number of carbonyl (C=O) groups is 1. The van der Waals surface area contributed by atoms with E-state index in [0.29, 0.717) is 11.5 Å². The molecule has 0 saturated carbocycles. The number of hydrogen-bond acceptors (Lipinski definition) is 4. The fraction of sp³-hybridized carbons (Fsp3) is 0.292. The quantitative estimate of drug-likeness (QED) is 0.511. The van der Waals surface area contributed by atoms with Crippen molar-refractivity contribution in [2.24, 2.45) is 0 Å². The van der Waals surface area contributed by atoms with Crippen molar-refractivity contribution in [3.8, 4) is 0 Å². The number of ether oxygens (including phenoxy) is 1. The first-order valence-electron chi connectivity index (χ1n) is 9.51. The van der Waals surface area contributed by atoms with Crippen molar-refractivity contribution < 1.29 is 9.53 Å². The highest BCUT2D eigenvalue weighted by atomic mass is 32.2. The molecule has 0 fully saturated rings. The van der Waals surface area contributed by atoms with E-state index in [2.05, 4.69) is 72.9 Å². The van der Waals surface area contributed by atoms with Crippen LogP contribution in [-0.2, 0) is 9.53 Å². The second-order valence-corrected chi connectivity index (χ2v) is 8.27. The van der Waals surface area contributed by atoms with Gasteiger partial charge >= 0.3 is 5.97 Å². The zero-order valence-electron chi connectivity index (χ0n) is 16.9. The molecule has 0 radical (unpaired) electrons. The molecule has 4 heteroatoms. The number of allylic oxidation sites excluding steroid dienone is 3. The van der Waals surface area contributed by atoms with Gasteiger partial charge < -0.3 is 10.1 Å². The number of benzene rings is 2. The Kier molecular flexibility index (Phi) is 6.63. The molecule has 0 saturated heterocycles. The highest BCUT2D eigenvalue weighted by Crippen LogP contribution is 2.34. The molecule has 1 aliphatic heterocycles. The maximum absolute atomic E-state index is 12.3. The Morgan fingerprint density at radius 3 is 2.43 bits per heavy atom. The number of esters is 1. The topological polar surface area (TPSA) is 38.3 Å². The highest BCUT2D eigenvalue weighted by Gasteiger charge is 2.27. The summed E-state index contributed by atoms with van der Waals surface area (Å²) in [6.07, 6.45) is 2.08. The summed E-state index contributed by atoms with van der Waals surface area (Å²) in [4.78, 5) is 13.5. The van der Waals surface area contributed by atoms with Crippen LogP contribution in [0.3, 0.4) is 0 Å². The van der Waals surface area contributed by atoms with Crippen molar-refractivity contribution in [3.05, 3.63) is 88.8 Å². The van der Waals surface area contributed by atoms with Gasteiger partial charge in [0.05, 0.1) is 12.7 Å². The maximum Gasteiger partial charge on any atom is 0.336 e. The molecule has 0 aromatic heterocycles. The summed E-state index contributed by atoms with van der Waals surface area (Å²) in [6, 6.07) is 19.1. The van der Waals surface area contributed by atoms with Crippen LogP contribution in [0.25, 0.3) is 0 Å². The van der Waals surface area contributed by atoms with Crippen LogP contribution in [0.15, 0.2) is 82.5 Å². The van der Waals surface area contributed by atoms with Gasteiger partial charge in [-0.2, -0.15) is 0 Å². The Bertz CT molecular complexity index is 885. The molecule has 2 unspecified atom stereocenters. The van der Waals surface area contributed by atoms with Crippen molar-refractivity contribution in [2.45, 2.75) is 37.5 Å². The fourth-order valence-electron chi connectivity index (χ4n) is 3.49. The predicted molar refractivity (Wildman–Crippen MR) is 116 cm³/mol. The van der Waals surface area contributed by atoms with Crippen LogP contribution in [0.4, 0.5) is 0 Å². The molecule has 1 heterocycles. The van der Waals surface area contributed by atoms with E-state index in [4.69, 9.17) is 4.74 Å². The average molecular weight is 394 g/mol. The van der Waals surface area contributed by atoms with Gasteiger partial charge in [0.1, 0.15) is 0 Å². The number of rotatable bonds is 6. The molecule has 0 amide bonds. The summed E-state index contributed by atoms with van der Waals surface area (Å²) in [5, 5.41) is 3.24. The third-order valence-corrected chi connectivity index (χ3v) is 6.30. The lowest BCUT2D eigenvalue weighted by molar-refractivity contribution is -0.136. The van der Waals surface area contributed by atoms with Gasteiger partial charge in [-0.25, -0.2) is 4.79 Å². The van der Waals surface area contributed by atoms with E-state index in [9.17, 15) is 4.79 Å². The van der Waals surface area contributed by atoms with Crippen LogP contribution in [0, 0.1) is 0 Å². The molecular weight excluding hydrogens is 366 g/mol. The van der Waals surface area contributed by atoms with Crippen LogP contribution in [0.5, 0.6) is 0 Å². The standard InChI is InChI=1S/C24H27NO2S/c1-16(19-8-6-5-7-9-19)15-28-21-12-10-20(11-13-21)22-14-17(2)25-18(3)23(22)24(26)27-4/h5-14,16,22,25H,15H2,1-4H3. The second kappa shape index (κ2) is 9.16. The number of methoxy groups -OCH3 is 1. The first-order valence-corrected chi connectivity index (χ1v) is 10.5. The van der Waals surface area contributed by atoms with Gasteiger partial charge in [-0.05, 0) is 43.0 Å². The second-order valence-electron chi connectivity index (χ2n) is 7.17. The third kappa shape index (κ3) is 4.68. The molecular formula is C24H27NO2S. The van der Waals surface area contributed by atoms with Crippen molar-refractivity contribution >= 4 is 17.7 Å². The maximum atomic E-state index is 12.3. The van der Waals surface area contributed by atoms with Gasteiger partial charge in [-0.15, -0.1) is 11.8 Å². The largest absolute Gasteiger partial charge is 0.466 e. The van der Waals surface area contributed by atoms with Gasteiger partial charge in [-0.3, -0.25) is 0 Å². The summed E-state index contributed by atoms with van der Waals surface area (Å²) >= 11 is 1.86. The van der Waals surface area contributed by atoms with Gasteiger partial charge in [0, 0.05) is 28.0 Å². The van der Waals surface area contributed by atoms with Gasteiger partial charge in [0.15, 0.2) is 0 Å². The minimum Gasteiger partial charge on any atom is -0.466 e. The number of hydrogen-bond donors (Lipinski definition) is 1. The van der Waals surface area contributed by atoms with E-state index in [-0.39, 0.29) is 11.9 Å². The third-order valence-electron chi connectivity index (χ3n) is 5.03. The Labute approximate surface area is 171 Å². The lowest BCUT2D eigenvalue weighted by atomic mass is 9.87. The molecule has 2 aromatic rings. The zero-order chi connectivity index (χ0) is 20.1. The normalized spacial score (nSPS) is 17.6. The van der Waals surface area contributed by atoms with Crippen LogP contribution < -0.4 is 5.32 Å². The van der Waals surface area contributed by atoms with Crippen molar-refractivity contribution in [3.63, 3.8) is 0 Å². The molecule has 1 N–H and O–H groups in total. The minimum atomic E-state index is -0.283. The molecule has 0 aliphatic carbocycles. The summed E-state index contributed by atoms with van der Waals surface area (Å²) < 4.78 is 5.01. The van der Waals surface area contributed by atoms with Crippen molar-refractivity contribution in [1.29, 1.82) is 0 Å². The average Bonchev–Trinajstić information content (AvgIpc) is 2.72. The van der Waals surface area contributed by atoms with Gasteiger partial charge in [-0.1, -0.05) is 55.5 Å². The minimum absolute atomic E-state index is 0.0870. The monoisotopic (exact) mass is 393 g/mol. The molecule has 146 valence electrons. The molecule has 1 aliphatic rings. The lowest BCUT2D eigenvalue weighted by Crippen LogP contribution is -2.25. The molecule has 3 nitrogen and oxygen atoms in total. The van der Waals surface area contributed by atoms with Crippen LogP contribution in [0.1, 0.15) is 43.7 Å². The summed E-state index contributed by atoms with van der Waals surface area (Å²) in [6.45, 7) is 6.19. The smallest absolute Gasteiger partial charge is 0.336 e. The molecule has 28 heavy (non-hydrogen) atoms. The fourth-order valence-corrected chi connectivity index (χ4v) is 4.46. The Hall–Kier alpha value is -2.46. The molecule has 2 aromatic carbocycles. The predicted octanol–water partition coefficient (Wildman–Crippen LogP) is 5.62. The van der Waals surface area contributed by atoms with E-state index < -0.39 is 0 Å². The number of nitrogens with one attached hydrogen (secondary N) is 1. The number of carbonyl (C=O) groups excluding carboxylic acids is 1. The molecule has 2 atom stereocenters. The van der Waals surface area contributed by atoms with E-state index in [1.807, 2.05) is 25.6 Å². The van der Waals surface area contributed by atoms with Crippen LogP contribution in [0.2, 0.25) is 0 Å². The first-order chi connectivity index (χ1) is 13.5. The van der Waals surface area contributed by atoms with Crippen molar-refractivity contribution in [1.82, 2.24) is 5.32 Å². The SMILES string of the molecule is COC(=O)C1=C(C)NC(C)=CC1c1ccc(SCC(C)c2ccccc2)cc1. The summed E-state index contributed by atoms with van der Waals surface area (Å²) in [5.41, 5.74) is 5.04. The van der Waals surface area contributed by atoms with Gasteiger partial charge in [0.2, 0.25) is 0 Å². The number of thioether (sulfide) groups is 1. The van der Waals surface area contributed by atoms with E-state index in [1.165, 1.54) is 17.6 Å². The Morgan fingerprint density at radius 2 is 1.79 bits per heavy atom. The van der Waals surface area contributed by atoms with E-state index in [1.54, 1.807) is 0 Å². The van der Waals surface area contributed by atoms with E-state index in [0.717, 1.165) is 22.7 Å². The lowest BCUT2D eigenvalue weighted by Gasteiger charge is -2.25. The molecule has 0 spiro atoms. The molecule has 3 rings (SSSR count). The van der Waals surface area contributed by atoms with Crippen LogP contribution >= 0.6 is 11.8 Å². The summed E-state index contributed by atoms with van der Waals surface area (Å²) in [5.74, 6) is 1.16. The zero-order valence-corrected chi connectivity index (χ0v) is 17.7. The molecule has 0 bridgehead atoms. The number of dihydropyridines is 1. The highest BCUT2D eigenvalue weighted by molar-refractivity contribution is 7.99. The first kappa shape index (κ1) is 20.3. The van der Waals surface area contributed by atoms with Crippen molar-refractivity contribution in [2.75, 3.05) is 12.9 Å². The summed E-state index contributed by atoms with van der Waals surface area (Å²) in [7, 11) is 1.43. The Morgan fingerprint density at radius 1 is 1.11 bits per heavy atom. The van der Waals surface area contributed by atoms with Gasteiger partial charge in [0.25, 0.3) is 0 Å².